The van der Waals surface area contributed by atoms with Crippen LogP contribution in [0.15, 0.2) is 4.99 Å². The Morgan fingerprint density at radius 1 is 0.963 bits per heavy atom. The first-order chi connectivity index (χ1) is 12.2. The standard InChI is InChI=1S/C19H41N5O2.HI/c1-7-20-17(21-13-11-9-8-10-12-16-24(5)6)22-14-15-23-18(25)26-19(2,3)4;/h7-16H2,1-6H3,(H,23,25)(H2,20,21,22);1H. The van der Waals surface area contributed by atoms with E-state index in [1.807, 2.05) is 27.7 Å². The van der Waals surface area contributed by atoms with Crippen LogP contribution in [0.3, 0.4) is 0 Å². The van der Waals surface area contributed by atoms with Gasteiger partial charge in [-0.05, 0) is 61.2 Å². The lowest BCUT2D eigenvalue weighted by atomic mass is 10.1. The van der Waals surface area contributed by atoms with Crippen LogP contribution in [0.4, 0.5) is 4.79 Å². The molecule has 162 valence electrons. The smallest absolute Gasteiger partial charge is 0.407 e. The lowest BCUT2D eigenvalue weighted by Crippen LogP contribution is -2.42. The van der Waals surface area contributed by atoms with Gasteiger partial charge in [0.25, 0.3) is 0 Å². The van der Waals surface area contributed by atoms with Crippen molar-refractivity contribution in [2.45, 2.75) is 65.4 Å². The fourth-order valence-corrected chi connectivity index (χ4v) is 2.26. The van der Waals surface area contributed by atoms with E-state index in [4.69, 9.17) is 4.74 Å². The summed E-state index contributed by atoms with van der Waals surface area (Å²) in [6.45, 7) is 11.5. The highest BCUT2D eigenvalue weighted by Crippen LogP contribution is 2.06. The van der Waals surface area contributed by atoms with Crippen molar-refractivity contribution in [1.82, 2.24) is 20.9 Å². The van der Waals surface area contributed by atoms with Crippen molar-refractivity contribution in [2.75, 3.05) is 46.8 Å². The average Bonchev–Trinajstić information content (AvgIpc) is 2.51. The first-order valence-corrected chi connectivity index (χ1v) is 9.88. The number of hydrogen-bond donors (Lipinski definition) is 3. The van der Waals surface area contributed by atoms with E-state index in [2.05, 4.69) is 39.9 Å². The monoisotopic (exact) mass is 499 g/mol. The lowest BCUT2D eigenvalue weighted by molar-refractivity contribution is 0.0529. The van der Waals surface area contributed by atoms with E-state index in [1.54, 1.807) is 0 Å². The first kappa shape index (κ1) is 28.4. The quantitative estimate of drug-likeness (QED) is 0.166. The lowest BCUT2D eigenvalue weighted by Gasteiger charge is -2.19. The second kappa shape index (κ2) is 17.3. The maximum atomic E-state index is 11.6. The minimum Gasteiger partial charge on any atom is -0.444 e. The summed E-state index contributed by atoms with van der Waals surface area (Å²) >= 11 is 0. The molecule has 0 fully saturated rings. The van der Waals surface area contributed by atoms with Gasteiger partial charge in [-0.1, -0.05) is 19.3 Å². The third kappa shape index (κ3) is 21.4. The van der Waals surface area contributed by atoms with Crippen LogP contribution in [0.25, 0.3) is 0 Å². The zero-order chi connectivity index (χ0) is 19.8. The molecule has 0 aromatic rings. The molecule has 0 radical (unpaired) electrons. The van der Waals surface area contributed by atoms with E-state index in [9.17, 15) is 4.79 Å². The Kier molecular flexibility index (Phi) is 18.3. The van der Waals surface area contributed by atoms with Crippen molar-refractivity contribution in [3.05, 3.63) is 0 Å². The highest BCUT2D eigenvalue weighted by Gasteiger charge is 2.15. The van der Waals surface area contributed by atoms with Gasteiger partial charge in [0, 0.05) is 26.2 Å². The fourth-order valence-electron chi connectivity index (χ4n) is 2.26. The van der Waals surface area contributed by atoms with E-state index < -0.39 is 11.7 Å². The number of ether oxygens (including phenoxy) is 1. The van der Waals surface area contributed by atoms with Gasteiger partial charge < -0.3 is 25.6 Å². The van der Waals surface area contributed by atoms with Gasteiger partial charge in [-0.2, -0.15) is 0 Å². The molecule has 27 heavy (non-hydrogen) atoms. The Balaban J connectivity index is 0. The number of aliphatic imine (C=N–C) groups is 1. The summed E-state index contributed by atoms with van der Waals surface area (Å²) < 4.78 is 5.20. The minimum absolute atomic E-state index is 0. The van der Waals surface area contributed by atoms with Crippen LogP contribution in [-0.2, 0) is 4.74 Å². The predicted octanol–water partition coefficient (Wildman–Crippen LogP) is 3.20. The molecule has 1 amide bonds. The Morgan fingerprint density at radius 3 is 2.15 bits per heavy atom. The molecule has 0 rings (SSSR count). The Morgan fingerprint density at radius 2 is 1.56 bits per heavy atom. The van der Waals surface area contributed by atoms with E-state index in [1.165, 1.54) is 32.2 Å². The number of nitrogens with one attached hydrogen (secondary N) is 3. The molecular formula is C19H42IN5O2. The molecule has 0 aliphatic carbocycles. The molecule has 8 heteroatoms. The number of hydrogen-bond acceptors (Lipinski definition) is 4. The number of nitrogens with zero attached hydrogens (tertiary/aromatic N) is 2. The Labute approximate surface area is 183 Å². The van der Waals surface area contributed by atoms with Crippen LogP contribution in [0.1, 0.15) is 59.8 Å². The number of carbonyl (C=O) groups is 1. The summed E-state index contributed by atoms with van der Waals surface area (Å²) in [5, 5.41) is 9.18. The van der Waals surface area contributed by atoms with E-state index in [0.717, 1.165) is 25.5 Å². The normalized spacial score (nSPS) is 11.7. The van der Waals surface area contributed by atoms with E-state index >= 15 is 0 Å². The number of unbranched alkanes of at least 4 members (excludes halogenated alkanes) is 4. The topological polar surface area (TPSA) is 78.0 Å². The highest BCUT2D eigenvalue weighted by atomic mass is 127. The van der Waals surface area contributed by atoms with Crippen molar-refractivity contribution in [3.63, 3.8) is 0 Å². The molecule has 0 bridgehead atoms. The van der Waals surface area contributed by atoms with Crippen molar-refractivity contribution in [2.24, 2.45) is 4.99 Å². The summed E-state index contributed by atoms with van der Waals surface area (Å²) in [6.07, 6.45) is 5.76. The summed E-state index contributed by atoms with van der Waals surface area (Å²) in [5.41, 5.74) is -0.472. The molecule has 0 unspecified atom stereocenters. The van der Waals surface area contributed by atoms with Crippen LogP contribution < -0.4 is 16.0 Å². The highest BCUT2D eigenvalue weighted by molar-refractivity contribution is 14.0. The number of carbonyl (C=O) groups excluding carboxylic acids is 1. The van der Waals surface area contributed by atoms with Crippen molar-refractivity contribution in [3.8, 4) is 0 Å². The van der Waals surface area contributed by atoms with Crippen molar-refractivity contribution < 1.29 is 9.53 Å². The molecule has 0 saturated heterocycles. The number of alkyl carbamates (subject to hydrolysis) is 1. The molecule has 0 saturated carbocycles. The summed E-state index contributed by atoms with van der Waals surface area (Å²) in [5.74, 6) is 0.797. The van der Waals surface area contributed by atoms with Gasteiger partial charge in [0.1, 0.15) is 5.60 Å². The largest absolute Gasteiger partial charge is 0.444 e. The van der Waals surface area contributed by atoms with Gasteiger partial charge >= 0.3 is 6.09 Å². The molecule has 0 aromatic carbocycles. The molecule has 0 aliphatic heterocycles. The second-order valence-corrected chi connectivity index (χ2v) is 7.69. The van der Waals surface area contributed by atoms with Crippen molar-refractivity contribution in [1.29, 1.82) is 0 Å². The molecule has 0 spiro atoms. The maximum Gasteiger partial charge on any atom is 0.407 e. The third-order valence-corrected chi connectivity index (χ3v) is 3.46. The third-order valence-electron chi connectivity index (χ3n) is 3.46. The number of halogens is 1. The van der Waals surface area contributed by atoms with Gasteiger partial charge in [-0.25, -0.2) is 4.79 Å². The first-order valence-electron chi connectivity index (χ1n) is 9.88. The zero-order valence-electron chi connectivity index (χ0n) is 18.2. The average molecular weight is 499 g/mol. The van der Waals surface area contributed by atoms with Crippen LogP contribution in [0, 0.1) is 0 Å². The second-order valence-electron chi connectivity index (χ2n) is 7.69. The van der Waals surface area contributed by atoms with Crippen LogP contribution in [0.2, 0.25) is 0 Å². The Bertz CT molecular complexity index is 398. The van der Waals surface area contributed by atoms with E-state index in [0.29, 0.717) is 13.1 Å². The maximum absolute atomic E-state index is 11.6. The summed E-state index contributed by atoms with van der Waals surface area (Å²) in [7, 11) is 4.24. The summed E-state index contributed by atoms with van der Waals surface area (Å²) in [4.78, 5) is 18.4. The van der Waals surface area contributed by atoms with Crippen LogP contribution >= 0.6 is 24.0 Å². The Hall–Kier alpha value is -0.770. The van der Waals surface area contributed by atoms with Gasteiger partial charge in [-0.3, -0.25) is 4.99 Å². The fraction of sp³-hybridized carbons (Fsp3) is 0.895. The zero-order valence-corrected chi connectivity index (χ0v) is 20.5. The molecule has 0 aliphatic rings. The molecule has 7 nitrogen and oxygen atoms in total. The molecule has 0 heterocycles. The number of amides is 1. The SMILES string of the molecule is CCNC(=NCCCCCCCN(C)C)NCCNC(=O)OC(C)(C)C.I. The summed E-state index contributed by atoms with van der Waals surface area (Å²) in [6, 6.07) is 0. The molecule has 3 N–H and O–H groups in total. The predicted molar refractivity (Wildman–Crippen MR) is 125 cm³/mol. The van der Waals surface area contributed by atoms with Gasteiger partial charge in [-0.15, -0.1) is 24.0 Å². The molecule has 0 atom stereocenters. The number of guanidine groups is 1. The van der Waals surface area contributed by atoms with Crippen LogP contribution in [0.5, 0.6) is 0 Å². The van der Waals surface area contributed by atoms with Gasteiger partial charge in [0.2, 0.25) is 0 Å². The van der Waals surface area contributed by atoms with Gasteiger partial charge in [0.05, 0.1) is 0 Å². The van der Waals surface area contributed by atoms with Crippen molar-refractivity contribution >= 4 is 36.0 Å². The minimum atomic E-state index is -0.472. The van der Waals surface area contributed by atoms with Crippen LogP contribution in [-0.4, -0.2) is 69.4 Å². The van der Waals surface area contributed by atoms with Gasteiger partial charge in [0.15, 0.2) is 5.96 Å². The molecular weight excluding hydrogens is 457 g/mol. The molecule has 0 aromatic heterocycles. The van der Waals surface area contributed by atoms with E-state index in [-0.39, 0.29) is 24.0 Å². The number of rotatable bonds is 12.